The van der Waals surface area contributed by atoms with Crippen LogP contribution in [0.15, 0.2) is 29.2 Å². The van der Waals surface area contributed by atoms with Crippen LogP contribution in [0.1, 0.15) is 43.5 Å². The van der Waals surface area contributed by atoms with Crippen LogP contribution < -0.4 is 4.72 Å². The van der Waals surface area contributed by atoms with Crippen LogP contribution in [0, 0.1) is 0 Å². The highest BCUT2D eigenvalue weighted by molar-refractivity contribution is 7.89. The lowest BCUT2D eigenvalue weighted by Gasteiger charge is -2.26. The fourth-order valence-electron chi connectivity index (χ4n) is 2.45. The zero-order valence-electron chi connectivity index (χ0n) is 12.5. The van der Waals surface area contributed by atoms with Gasteiger partial charge in [-0.2, -0.15) is 0 Å². The van der Waals surface area contributed by atoms with Crippen LogP contribution in [0.3, 0.4) is 0 Å². The molecular formula is C15H22N2O3S. The average Bonchev–Trinajstić information content (AvgIpc) is 2.46. The summed E-state index contributed by atoms with van der Waals surface area (Å²) >= 11 is 0. The van der Waals surface area contributed by atoms with Gasteiger partial charge >= 0.3 is 0 Å². The second kappa shape index (κ2) is 6.58. The summed E-state index contributed by atoms with van der Waals surface area (Å²) in [6.07, 6.45) is 3.17. The summed E-state index contributed by atoms with van der Waals surface area (Å²) < 4.78 is 26.8. The number of hydrogen-bond donors (Lipinski definition) is 1. The van der Waals surface area contributed by atoms with Crippen molar-refractivity contribution in [1.29, 1.82) is 0 Å². The Morgan fingerprint density at radius 3 is 2.48 bits per heavy atom. The molecule has 1 aromatic carbocycles. The predicted molar refractivity (Wildman–Crippen MR) is 81.7 cm³/mol. The van der Waals surface area contributed by atoms with Gasteiger partial charge < -0.3 is 4.90 Å². The van der Waals surface area contributed by atoms with Crippen LogP contribution in [0.4, 0.5) is 0 Å². The Bertz CT molecular complexity index is 605. The van der Waals surface area contributed by atoms with Crippen molar-refractivity contribution in [3.8, 4) is 0 Å². The van der Waals surface area contributed by atoms with E-state index in [1.54, 1.807) is 30.9 Å². The minimum Gasteiger partial charge on any atom is -0.339 e. The Kier molecular flexibility index (Phi) is 5.00. The van der Waals surface area contributed by atoms with E-state index in [1.807, 2.05) is 0 Å². The molecule has 0 aromatic heterocycles. The maximum absolute atomic E-state index is 12.4. The van der Waals surface area contributed by atoms with E-state index in [0.717, 1.165) is 32.4 Å². The number of likely N-dealkylation sites (tertiary alicyclic amines) is 1. The van der Waals surface area contributed by atoms with E-state index in [0.29, 0.717) is 5.56 Å². The molecule has 5 nitrogen and oxygen atoms in total. The summed E-state index contributed by atoms with van der Waals surface area (Å²) in [4.78, 5) is 14.3. The maximum atomic E-state index is 12.4. The van der Waals surface area contributed by atoms with Crippen LogP contribution in [0.25, 0.3) is 0 Å². The third-order valence-corrected chi connectivity index (χ3v) is 5.08. The van der Waals surface area contributed by atoms with Crippen molar-refractivity contribution in [2.24, 2.45) is 0 Å². The number of nitrogens with zero attached hydrogens (tertiary/aromatic N) is 1. The molecule has 1 N–H and O–H groups in total. The van der Waals surface area contributed by atoms with Gasteiger partial charge in [-0.15, -0.1) is 0 Å². The quantitative estimate of drug-likeness (QED) is 0.925. The van der Waals surface area contributed by atoms with Crippen LogP contribution in [-0.4, -0.2) is 38.4 Å². The Labute approximate surface area is 126 Å². The summed E-state index contributed by atoms with van der Waals surface area (Å²) in [7, 11) is -3.57. The van der Waals surface area contributed by atoms with Crippen molar-refractivity contribution in [2.75, 3.05) is 13.1 Å². The molecule has 1 amide bonds. The molecular weight excluding hydrogens is 288 g/mol. The Balaban J connectivity index is 2.23. The fraction of sp³-hybridized carbons (Fsp3) is 0.533. The zero-order chi connectivity index (χ0) is 15.5. The first-order valence-electron chi connectivity index (χ1n) is 7.32. The number of carbonyl (C=O) groups is 1. The predicted octanol–water partition coefficient (Wildman–Crippen LogP) is 2.00. The molecule has 1 aliphatic rings. The molecule has 1 heterocycles. The molecule has 1 fully saturated rings. The highest BCUT2D eigenvalue weighted by Gasteiger charge is 2.21. The second-order valence-electron chi connectivity index (χ2n) is 5.66. The number of carbonyl (C=O) groups excluding carboxylic acids is 1. The van der Waals surface area contributed by atoms with Gasteiger partial charge in [0.05, 0.1) is 4.90 Å². The summed E-state index contributed by atoms with van der Waals surface area (Å²) in [6.45, 7) is 5.03. The minimum atomic E-state index is -3.57. The molecule has 0 aliphatic carbocycles. The van der Waals surface area contributed by atoms with Crippen LogP contribution in [0.2, 0.25) is 0 Å². The van der Waals surface area contributed by atoms with Gasteiger partial charge in [-0.05, 0) is 51.3 Å². The van der Waals surface area contributed by atoms with E-state index in [4.69, 9.17) is 0 Å². The smallest absolute Gasteiger partial charge is 0.253 e. The number of hydrogen-bond acceptors (Lipinski definition) is 3. The number of amides is 1. The lowest BCUT2D eigenvalue weighted by molar-refractivity contribution is 0.0724. The average molecular weight is 310 g/mol. The first-order valence-corrected chi connectivity index (χ1v) is 8.80. The molecule has 1 saturated heterocycles. The first-order chi connectivity index (χ1) is 9.90. The second-order valence-corrected chi connectivity index (χ2v) is 7.37. The Morgan fingerprint density at radius 1 is 1.19 bits per heavy atom. The van der Waals surface area contributed by atoms with Gasteiger partial charge in [0, 0.05) is 24.7 Å². The van der Waals surface area contributed by atoms with Crippen molar-refractivity contribution in [1.82, 2.24) is 9.62 Å². The molecule has 116 valence electrons. The van der Waals surface area contributed by atoms with Crippen LogP contribution in [-0.2, 0) is 10.0 Å². The maximum Gasteiger partial charge on any atom is 0.253 e. The normalized spacial score (nSPS) is 16.2. The Hall–Kier alpha value is -1.40. The standard InChI is InChI=1S/C15H22N2O3S/c1-12(2)16-21(19,20)14-8-6-7-13(11-14)15(18)17-9-4-3-5-10-17/h6-8,11-12,16H,3-5,9-10H2,1-2H3. The van der Waals surface area contributed by atoms with Gasteiger partial charge in [-0.1, -0.05) is 6.07 Å². The van der Waals surface area contributed by atoms with Gasteiger partial charge in [0.15, 0.2) is 0 Å². The largest absolute Gasteiger partial charge is 0.339 e. The third-order valence-electron chi connectivity index (χ3n) is 3.43. The highest BCUT2D eigenvalue weighted by atomic mass is 32.2. The number of sulfonamides is 1. The monoisotopic (exact) mass is 310 g/mol. The van der Waals surface area contributed by atoms with Gasteiger partial charge in [-0.3, -0.25) is 4.79 Å². The molecule has 1 aliphatic heterocycles. The van der Waals surface area contributed by atoms with E-state index in [-0.39, 0.29) is 16.8 Å². The first kappa shape index (κ1) is 16.0. The molecule has 0 bridgehead atoms. The molecule has 0 atom stereocenters. The van der Waals surface area contributed by atoms with E-state index < -0.39 is 10.0 Å². The third kappa shape index (κ3) is 4.04. The van der Waals surface area contributed by atoms with Crippen molar-refractivity contribution < 1.29 is 13.2 Å². The van der Waals surface area contributed by atoms with Crippen LogP contribution >= 0.6 is 0 Å². The summed E-state index contributed by atoms with van der Waals surface area (Å²) in [5.74, 6) is -0.0868. The van der Waals surface area contributed by atoms with E-state index in [9.17, 15) is 13.2 Å². The molecule has 6 heteroatoms. The summed E-state index contributed by atoms with van der Waals surface area (Å²) in [5, 5.41) is 0. The van der Waals surface area contributed by atoms with E-state index in [1.165, 1.54) is 12.1 Å². The topological polar surface area (TPSA) is 66.5 Å². The Morgan fingerprint density at radius 2 is 1.86 bits per heavy atom. The van der Waals surface area contributed by atoms with Crippen molar-refractivity contribution in [2.45, 2.75) is 44.0 Å². The number of nitrogens with one attached hydrogen (secondary N) is 1. The van der Waals surface area contributed by atoms with Crippen molar-refractivity contribution in [3.63, 3.8) is 0 Å². The number of piperidine rings is 1. The molecule has 1 aromatic rings. The van der Waals surface area contributed by atoms with Gasteiger partial charge in [0.25, 0.3) is 5.91 Å². The fourth-order valence-corrected chi connectivity index (χ4v) is 3.75. The van der Waals surface area contributed by atoms with Crippen molar-refractivity contribution in [3.05, 3.63) is 29.8 Å². The number of benzene rings is 1. The van der Waals surface area contributed by atoms with Gasteiger partial charge in [0.1, 0.15) is 0 Å². The molecule has 0 unspecified atom stereocenters. The van der Waals surface area contributed by atoms with Gasteiger partial charge in [0.2, 0.25) is 10.0 Å². The number of rotatable bonds is 4. The minimum absolute atomic E-state index is 0.0868. The molecule has 21 heavy (non-hydrogen) atoms. The lowest BCUT2D eigenvalue weighted by Crippen LogP contribution is -2.36. The molecule has 0 saturated carbocycles. The van der Waals surface area contributed by atoms with Gasteiger partial charge in [-0.25, -0.2) is 13.1 Å². The lowest BCUT2D eigenvalue weighted by atomic mass is 10.1. The SMILES string of the molecule is CC(C)NS(=O)(=O)c1cccc(C(=O)N2CCCCC2)c1. The molecule has 0 radical (unpaired) electrons. The molecule has 0 spiro atoms. The highest BCUT2D eigenvalue weighted by Crippen LogP contribution is 2.16. The van der Waals surface area contributed by atoms with E-state index >= 15 is 0 Å². The summed E-state index contributed by atoms with van der Waals surface area (Å²) in [6, 6.07) is 6.08. The van der Waals surface area contributed by atoms with Crippen LogP contribution in [0.5, 0.6) is 0 Å². The van der Waals surface area contributed by atoms with E-state index in [2.05, 4.69) is 4.72 Å². The van der Waals surface area contributed by atoms with Crippen molar-refractivity contribution >= 4 is 15.9 Å². The zero-order valence-corrected chi connectivity index (χ0v) is 13.3. The molecule has 2 rings (SSSR count). The summed E-state index contributed by atoms with van der Waals surface area (Å²) in [5.41, 5.74) is 0.434.